The van der Waals surface area contributed by atoms with Gasteiger partial charge < -0.3 is 5.32 Å². The molecule has 11 heavy (non-hydrogen) atoms. The molecule has 0 saturated heterocycles. The van der Waals surface area contributed by atoms with Crippen LogP contribution in [0, 0.1) is 6.92 Å². The summed E-state index contributed by atoms with van der Waals surface area (Å²) in [6.45, 7) is 8.33. The van der Waals surface area contributed by atoms with Crippen molar-refractivity contribution in [2.45, 2.75) is 57.5 Å². The van der Waals surface area contributed by atoms with Gasteiger partial charge in [-0.1, -0.05) is 19.3 Å². The van der Waals surface area contributed by atoms with E-state index in [1.54, 1.807) is 0 Å². The molecule has 0 spiro atoms. The van der Waals surface area contributed by atoms with Gasteiger partial charge in [-0.3, -0.25) is 0 Å². The highest BCUT2D eigenvalue weighted by molar-refractivity contribution is 4.85. The van der Waals surface area contributed by atoms with Gasteiger partial charge in [0.15, 0.2) is 0 Å². The molecule has 1 saturated carbocycles. The second kappa shape index (κ2) is 3.57. The first kappa shape index (κ1) is 9.05. The molecule has 0 heterocycles. The van der Waals surface area contributed by atoms with Gasteiger partial charge in [0.1, 0.15) is 0 Å². The average molecular weight is 154 g/mol. The van der Waals surface area contributed by atoms with Crippen molar-refractivity contribution >= 4 is 0 Å². The van der Waals surface area contributed by atoms with Gasteiger partial charge in [0.2, 0.25) is 0 Å². The van der Waals surface area contributed by atoms with Gasteiger partial charge in [-0.25, -0.2) is 0 Å². The molecule has 0 aromatic rings. The van der Waals surface area contributed by atoms with Crippen LogP contribution in [0.1, 0.15) is 46.0 Å². The summed E-state index contributed by atoms with van der Waals surface area (Å²) < 4.78 is 0. The predicted molar refractivity (Wildman–Crippen MR) is 49.4 cm³/mol. The first-order valence-electron chi connectivity index (χ1n) is 4.71. The summed E-state index contributed by atoms with van der Waals surface area (Å²) in [4.78, 5) is 0. The minimum atomic E-state index is 0.0575. The van der Waals surface area contributed by atoms with E-state index in [4.69, 9.17) is 0 Å². The zero-order chi connectivity index (χ0) is 8.32. The lowest BCUT2D eigenvalue weighted by Gasteiger charge is -2.30. The van der Waals surface area contributed by atoms with Crippen molar-refractivity contribution in [2.75, 3.05) is 0 Å². The van der Waals surface area contributed by atoms with Gasteiger partial charge in [-0.15, -0.1) is 0 Å². The molecule has 1 aliphatic carbocycles. The Labute approximate surface area is 70.6 Å². The molecule has 1 radical (unpaired) electrons. The molecule has 0 unspecified atom stereocenters. The summed E-state index contributed by atoms with van der Waals surface area (Å²) >= 11 is 0. The first-order valence-corrected chi connectivity index (χ1v) is 4.71. The van der Waals surface area contributed by atoms with Crippen molar-refractivity contribution in [3.8, 4) is 0 Å². The quantitative estimate of drug-likeness (QED) is 0.644. The van der Waals surface area contributed by atoms with Crippen molar-refractivity contribution in [3.63, 3.8) is 0 Å². The molecule has 1 aliphatic rings. The first-order chi connectivity index (χ1) is 5.08. The van der Waals surface area contributed by atoms with Crippen LogP contribution in [0.15, 0.2) is 0 Å². The highest BCUT2D eigenvalue weighted by Gasteiger charge is 2.18. The second-order valence-electron chi connectivity index (χ2n) is 4.36. The molecule has 0 aromatic carbocycles. The molecule has 65 valence electrons. The zero-order valence-electron chi connectivity index (χ0n) is 7.82. The Bertz CT molecular complexity index is 107. The van der Waals surface area contributed by atoms with Crippen LogP contribution in [0.5, 0.6) is 0 Å². The van der Waals surface area contributed by atoms with Crippen LogP contribution in [0.4, 0.5) is 0 Å². The number of hydrogen-bond acceptors (Lipinski definition) is 1. The third kappa shape index (κ3) is 3.76. The summed E-state index contributed by atoms with van der Waals surface area (Å²) in [6.07, 6.45) is 6.91. The lowest BCUT2D eigenvalue weighted by Crippen LogP contribution is -2.44. The molecule has 0 bridgehead atoms. The summed E-state index contributed by atoms with van der Waals surface area (Å²) in [5, 5.41) is 3.55. The summed E-state index contributed by atoms with van der Waals surface area (Å²) in [5.74, 6) is 0. The van der Waals surface area contributed by atoms with Crippen molar-refractivity contribution in [2.24, 2.45) is 0 Å². The van der Waals surface area contributed by atoms with E-state index >= 15 is 0 Å². The zero-order valence-corrected chi connectivity index (χ0v) is 7.82. The molecule has 1 N–H and O–H groups in total. The molecule has 0 aliphatic heterocycles. The van der Waals surface area contributed by atoms with Crippen molar-refractivity contribution in [3.05, 3.63) is 6.92 Å². The van der Waals surface area contributed by atoms with Crippen LogP contribution in [0.25, 0.3) is 0 Å². The number of nitrogens with one attached hydrogen (secondary N) is 1. The third-order valence-electron chi connectivity index (χ3n) is 2.20. The molecule has 0 amide bonds. The lowest BCUT2D eigenvalue weighted by molar-refractivity contribution is 0.314. The van der Waals surface area contributed by atoms with Gasteiger partial charge in [0.25, 0.3) is 0 Å². The molecular weight excluding hydrogens is 134 g/mol. The maximum absolute atomic E-state index is 4.05. The van der Waals surface area contributed by atoms with Crippen LogP contribution in [0.3, 0.4) is 0 Å². The molecular formula is C10H20N. The van der Waals surface area contributed by atoms with Crippen LogP contribution >= 0.6 is 0 Å². The van der Waals surface area contributed by atoms with Crippen LogP contribution in [0.2, 0.25) is 0 Å². The smallest absolute Gasteiger partial charge is 0.0128 e. The largest absolute Gasteiger partial charge is 0.309 e. The fraction of sp³-hybridized carbons (Fsp3) is 0.900. The normalized spacial score (nSPS) is 22.1. The van der Waals surface area contributed by atoms with Crippen LogP contribution < -0.4 is 5.32 Å². The van der Waals surface area contributed by atoms with E-state index < -0.39 is 0 Å². The number of hydrogen-bond donors (Lipinski definition) is 1. The van der Waals surface area contributed by atoms with Crippen molar-refractivity contribution in [1.82, 2.24) is 5.32 Å². The monoisotopic (exact) mass is 154 g/mol. The van der Waals surface area contributed by atoms with Gasteiger partial charge >= 0.3 is 0 Å². The Morgan fingerprint density at radius 1 is 1.18 bits per heavy atom. The van der Waals surface area contributed by atoms with Gasteiger partial charge in [0.05, 0.1) is 0 Å². The third-order valence-corrected chi connectivity index (χ3v) is 2.20. The van der Waals surface area contributed by atoms with E-state index in [9.17, 15) is 0 Å². The maximum Gasteiger partial charge on any atom is 0.0128 e. The van der Waals surface area contributed by atoms with Crippen molar-refractivity contribution < 1.29 is 0 Å². The van der Waals surface area contributed by atoms with E-state index in [2.05, 4.69) is 26.1 Å². The SMILES string of the molecule is [CH2]C(C)(C)NC1CCCCC1. The lowest BCUT2D eigenvalue weighted by atomic mass is 9.93. The number of rotatable bonds is 2. The summed E-state index contributed by atoms with van der Waals surface area (Å²) in [6, 6.07) is 0.733. The van der Waals surface area contributed by atoms with E-state index in [-0.39, 0.29) is 5.54 Å². The van der Waals surface area contributed by atoms with E-state index in [0.29, 0.717) is 0 Å². The Kier molecular flexibility index (Phi) is 2.94. The predicted octanol–water partition coefficient (Wildman–Crippen LogP) is 2.52. The molecule has 0 atom stereocenters. The standard InChI is InChI=1S/C10H20N/c1-10(2,3)11-9-7-5-4-6-8-9/h9,11H,1,4-8H2,2-3H3. The van der Waals surface area contributed by atoms with Gasteiger partial charge in [0, 0.05) is 11.6 Å². The molecule has 0 aromatic heterocycles. The molecule has 1 nitrogen and oxygen atoms in total. The highest BCUT2D eigenvalue weighted by Crippen LogP contribution is 2.19. The Balaban J connectivity index is 2.24. The second-order valence-corrected chi connectivity index (χ2v) is 4.36. The Hall–Kier alpha value is -0.0400. The fourth-order valence-corrected chi connectivity index (χ4v) is 1.80. The maximum atomic E-state index is 4.05. The van der Waals surface area contributed by atoms with E-state index in [1.165, 1.54) is 32.1 Å². The highest BCUT2D eigenvalue weighted by atomic mass is 15.0. The van der Waals surface area contributed by atoms with Crippen LogP contribution in [-0.4, -0.2) is 11.6 Å². The van der Waals surface area contributed by atoms with E-state index in [1.807, 2.05) is 0 Å². The minimum Gasteiger partial charge on any atom is -0.309 e. The van der Waals surface area contributed by atoms with E-state index in [0.717, 1.165) is 6.04 Å². The molecule has 1 heteroatoms. The summed E-state index contributed by atoms with van der Waals surface area (Å²) in [7, 11) is 0. The Morgan fingerprint density at radius 2 is 1.73 bits per heavy atom. The molecule has 1 rings (SSSR count). The molecule has 1 fully saturated rings. The van der Waals surface area contributed by atoms with Gasteiger partial charge in [-0.05, 0) is 33.6 Å². The topological polar surface area (TPSA) is 12.0 Å². The summed E-state index contributed by atoms with van der Waals surface area (Å²) in [5.41, 5.74) is 0.0575. The fourth-order valence-electron chi connectivity index (χ4n) is 1.80. The van der Waals surface area contributed by atoms with Crippen molar-refractivity contribution in [1.29, 1.82) is 0 Å². The Morgan fingerprint density at radius 3 is 2.18 bits per heavy atom. The average Bonchev–Trinajstić information content (AvgIpc) is 1.85. The van der Waals surface area contributed by atoms with Gasteiger partial charge in [-0.2, -0.15) is 0 Å². The van der Waals surface area contributed by atoms with Crippen LogP contribution in [-0.2, 0) is 0 Å². The minimum absolute atomic E-state index is 0.0575.